The minimum absolute atomic E-state index is 0.225. The highest BCUT2D eigenvalue weighted by Gasteiger charge is 2.17. The Labute approximate surface area is 118 Å². The van der Waals surface area contributed by atoms with Crippen LogP contribution in [0.3, 0.4) is 0 Å². The molecule has 3 rings (SSSR count). The Kier molecular flexibility index (Phi) is 3.38. The number of hydrogen-bond acceptors (Lipinski definition) is 3. The monoisotopic (exact) mass is 267 g/mol. The molecule has 2 aromatic rings. The topological polar surface area (TPSA) is 63.3 Å². The molecule has 2 aromatic carbocycles. The lowest BCUT2D eigenvalue weighted by molar-refractivity contribution is 0.0972. The third kappa shape index (κ3) is 2.38. The lowest BCUT2D eigenvalue weighted by atomic mass is 9.88. The first-order valence-corrected chi connectivity index (χ1v) is 6.85. The summed E-state index contributed by atoms with van der Waals surface area (Å²) in [6.07, 6.45) is 1.58. The molecule has 1 aliphatic rings. The zero-order chi connectivity index (χ0) is 14.1. The van der Waals surface area contributed by atoms with Crippen LogP contribution >= 0.6 is 0 Å². The molecule has 1 atom stereocenters. The fourth-order valence-corrected chi connectivity index (χ4v) is 2.71. The molecule has 0 saturated heterocycles. The van der Waals surface area contributed by atoms with Crippen molar-refractivity contribution in [3.63, 3.8) is 0 Å². The maximum absolute atomic E-state index is 12.0. The van der Waals surface area contributed by atoms with Crippen LogP contribution < -0.4 is 5.73 Å². The molecule has 102 valence electrons. The summed E-state index contributed by atoms with van der Waals surface area (Å²) in [7, 11) is 0. The second-order valence-corrected chi connectivity index (χ2v) is 5.22. The molecule has 0 fully saturated rings. The molecule has 0 aromatic heterocycles. The molecule has 1 aliphatic carbocycles. The maximum atomic E-state index is 12.0. The Hall–Kier alpha value is -1.97. The van der Waals surface area contributed by atoms with E-state index in [1.807, 2.05) is 36.4 Å². The highest BCUT2D eigenvalue weighted by Crippen LogP contribution is 2.28. The summed E-state index contributed by atoms with van der Waals surface area (Å²) in [6, 6.07) is 13.5. The third-order valence-electron chi connectivity index (χ3n) is 3.82. The van der Waals surface area contributed by atoms with Gasteiger partial charge in [-0.25, -0.2) is 0 Å². The summed E-state index contributed by atoms with van der Waals surface area (Å²) >= 11 is 0. The van der Waals surface area contributed by atoms with Crippen molar-refractivity contribution >= 4 is 5.78 Å². The van der Waals surface area contributed by atoms with Gasteiger partial charge in [0.15, 0.2) is 5.78 Å². The molecule has 20 heavy (non-hydrogen) atoms. The number of hydrogen-bond donors (Lipinski definition) is 2. The summed E-state index contributed by atoms with van der Waals surface area (Å²) in [5.74, 6) is 0.225. The number of Topliss-reactive ketones (excluding diaryl/α,β-unsaturated/α-hetero) is 1. The van der Waals surface area contributed by atoms with E-state index in [2.05, 4.69) is 0 Å². The van der Waals surface area contributed by atoms with Crippen molar-refractivity contribution in [3.8, 4) is 11.1 Å². The van der Waals surface area contributed by atoms with Gasteiger partial charge in [0.2, 0.25) is 0 Å². The molecular formula is C17H17NO2. The molecule has 0 spiro atoms. The van der Waals surface area contributed by atoms with Crippen LogP contribution in [0.15, 0.2) is 42.5 Å². The molecule has 0 bridgehead atoms. The van der Waals surface area contributed by atoms with E-state index in [9.17, 15) is 9.90 Å². The number of aliphatic hydroxyl groups is 1. The van der Waals surface area contributed by atoms with Gasteiger partial charge >= 0.3 is 0 Å². The zero-order valence-electron chi connectivity index (χ0n) is 11.2. The van der Waals surface area contributed by atoms with E-state index in [0.29, 0.717) is 12.0 Å². The molecule has 0 saturated carbocycles. The minimum atomic E-state index is -0.978. The van der Waals surface area contributed by atoms with E-state index in [4.69, 9.17) is 5.73 Å². The number of carbonyl (C=O) groups is 1. The van der Waals surface area contributed by atoms with Crippen molar-refractivity contribution in [3.05, 3.63) is 59.2 Å². The predicted octanol–water partition coefficient (Wildman–Crippen LogP) is 2.82. The van der Waals surface area contributed by atoms with Crippen molar-refractivity contribution < 1.29 is 9.90 Å². The van der Waals surface area contributed by atoms with Gasteiger partial charge in [-0.05, 0) is 47.2 Å². The van der Waals surface area contributed by atoms with E-state index < -0.39 is 6.23 Å². The Morgan fingerprint density at radius 1 is 1.05 bits per heavy atom. The van der Waals surface area contributed by atoms with Gasteiger partial charge in [-0.3, -0.25) is 4.79 Å². The van der Waals surface area contributed by atoms with Gasteiger partial charge in [-0.15, -0.1) is 0 Å². The number of aliphatic hydroxyl groups excluding tert-OH is 1. The molecule has 3 nitrogen and oxygen atoms in total. The van der Waals surface area contributed by atoms with E-state index in [1.54, 1.807) is 6.07 Å². The van der Waals surface area contributed by atoms with Gasteiger partial charge in [0.25, 0.3) is 0 Å². The van der Waals surface area contributed by atoms with E-state index in [-0.39, 0.29) is 5.78 Å². The largest absolute Gasteiger partial charge is 0.375 e. The second-order valence-electron chi connectivity index (χ2n) is 5.22. The summed E-state index contributed by atoms with van der Waals surface area (Å²) in [5, 5.41) is 9.45. The molecule has 1 unspecified atom stereocenters. The molecule has 3 heteroatoms. The lowest BCUT2D eigenvalue weighted by Gasteiger charge is -2.16. The highest BCUT2D eigenvalue weighted by atomic mass is 16.3. The van der Waals surface area contributed by atoms with Crippen LogP contribution in [0.2, 0.25) is 0 Å². The predicted molar refractivity (Wildman–Crippen MR) is 78.3 cm³/mol. The Morgan fingerprint density at radius 2 is 1.85 bits per heavy atom. The van der Waals surface area contributed by atoms with E-state index >= 15 is 0 Å². The van der Waals surface area contributed by atoms with Gasteiger partial charge in [-0.2, -0.15) is 0 Å². The summed E-state index contributed by atoms with van der Waals surface area (Å²) < 4.78 is 0. The van der Waals surface area contributed by atoms with Crippen molar-refractivity contribution in [1.82, 2.24) is 0 Å². The highest BCUT2D eigenvalue weighted by molar-refractivity contribution is 5.99. The first kappa shape index (κ1) is 13.0. The maximum Gasteiger partial charge on any atom is 0.163 e. The smallest absolute Gasteiger partial charge is 0.163 e. The van der Waals surface area contributed by atoms with Crippen LogP contribution in [0.25, 0.3) is 11.1 Å². The van der Waals surface area contributed by atoms with Crippen LogP contribution in [0.5, 0.6) is 0 Å². The summed E-state index contributed by atoms with van der Waals surface area (Å²) in [4.78, 5) is 12.0. The standard InChI is InChI=1S/C17H17NO2/c18-17(20)14-5-1-4-12(9-14)13-8-7-11-3-2-6-16(19)15(11)10-13/h1,4-5,7-10,17,20H,2-3,6,18H2. The van der Waals surface area contributed by atoms with Crippen LogP contribution in [-0.4, -0.2) is 10.9 Å². The second kappa shape index (κ2) is 5.19. The first-order chi connectivity index (χ1) is 9.65. The third-order valence-corrected chi connectivity index (χ3v) is 3.82. The average Bonchev–Trinajstić information content (AvgIpc) is 2.47. The van der Waals surface area contributed by atoms with Crippen molar-refractivity contribution in [2.75, 3.05) is 0 Å². The number of carbonyl (C=O) groups excluding carboxylic acids is 1. The van der Waals surface area contributed by atoms with Gasteiger partial charge in [0, 0.05) is 12.0 Å². The fourth-order valence-electron chi connectivity index (χ4n) is 2.71. The lowest BCUT2D eigenvalue weighted by Crippen LogP contribution is -2.10. The fraction of sp³-hybridized carbons (Fsp3) is 0.235. The Morgan fingerprint density at radius 3 is 2.65 bits per heavy atom. The summed E-state index contributed by atoms with van der Waals surface area (Å²) in [6.45, 7) is 0. The van der Waals surface area contributed by atoms with Crippen LogP contribution in [0, 0.1) is 0 Å². The zero-order valence-corrected chi connectivity index (χ0v) is 11.2. The van der Waals surface area contributed by atoms with Crippen LogP contribution in [0.4, 0.5) is 0 Å². The SMILES string of the molecule is NC(O)c1cccc(-c2ccc3c(c2)C(=O)CCC3)c1. The molecule has 0 radical (unpaired) electrons. The number of nitrogens with two attached hydrogens (primary N) is 1. The molecule has 0 aliphatic heterocycles. The Balaban J connectivity index is 2.04. The van der Waals surface area contributed by atoms with Crippen LogP contribution in [-0.2, 0) is 6.42 Å². The molecule has 0 amide bonds. The summed E-state index contributed by atoms with van der Waals surface area (Å²) in [5.41, 5.74) is 10.1. The van der Waals surface area contributed by atoms with Gasteiger partial charge < -0.3 is 10.8 Å². The number of aryl methyl sites for hydroxylation is 1. The number of fused-ring (bicyclic) bond motifs is 1. The number of benzene rings is 2. The van der Waals surface area contributed by atoms with E-state index in [0.717, 1.165) is 35.1 Å². The molecular weight excluding hydrogens is 250 g/mol. The first-order valence-electron chi connectivity index (χ1n) is 6.85. The molecule has 0 heterocycles. The van der Waals surface area contributed by atoms with Gasteiger partial charge in [0.1, 0.15) is 6.23 Å². The van der Waals surface area contributed by atoms with Crippen molar-refractivity contribution in [1.29, 1.82) is 0 Å². The van der Waals surface area contributed by atoms with Crippen molar-refractivity contribution in [2.45, 2.75) is 25.5 Å². The Bertz CT molecular complexity index is 662. The normalized spacial score (nSPS) is 15.8. The van der Waals surface area contributed by atoms with Gasteiger partial charge in [0.05, 0.1) is 0 Å². The number of rotatable bonds is 2. The van der Waals surface area contributed by atoms with Gasteiger partial charge in [-0.1, -0.05) is 30.3 Å². The minimum Gasteiger partial charge on any atom is -0.375 e. The average molecular weight is 267 g/mol. The molecule has 3 N–H and O–H groups in total. The number of ketones is 1. The van der Waals surface area contributed by atoms with Crippen molar-refractivity contribution in [2.24, 2.45) is 5.73 Å². The van der Waals surface area contributed by atoms with Crippen LogP contribution in [0.1, 0.15) is 40.6 Å². The van der Waals surface area contributed by atoms with E-state index in [1.165, 1.54) is 0 Å². The quantitative estimate of drug-likeness (QED) is 0.822.